The van der Waals surface area contributed by atoms with Crippen LogP contribution in [0.25, 0.3) is 0 Å². The molecule has 1 aromatic rings. The van der Waals surface area contributed by atoms with Crippen molar-refractivity contribution in [2.24, 2.45) is 5.92 Å². The second-order valence-electron chi connectivity index (χ2n) is 7.27. The van der Waals surface area contributed by atoms with Gasteiger partial charge in [-0.1, -0.05) is 13.0 Å². The van der Waals surface area contributed by atoms with Crippen LogP contribution in [0.4, 0.5) is 11.4 Å². The maximum absolute atomic E-state index is 12.7. The number of piperidine rings is 1. The standard InChI is InChI=1S/C18H27N3O3S/c1-14-8-11-20(12-9-14)18(22)13-21-10-4-5-15-16(19-25(2,23)24)6-3-7-17(15)21/h3,6-7,14,19H,4-5,8-13H2,1-2H3. The van der Waals surface area contributed by atoms with Gasteiger partial charge in [0, 0.05) is 25.3 Å². The third-order valence-electron chi connectivity index (χ3n) is 5.10. The van der Waals surface area contributed by atoms with Gasteiger partial charge in [0.15, 0.2) is 0 Å². The lowest BCUT2D eigenvalue weighted by atomic mass is 9.98. The molecule has 0 saturated carbocycles. The van der Waals surface area contributed by atoms with Crippen LogP contribution in [-0.4, -0.2) is 51.7 Å². The van der Waals surface area contributed by atoms with E-state index in [1.807, 2.05) is 17.0 Å². The largest absolute Gasteiger partial charge is 0.362 e. The first-order valence-electron chi connectivity index (χ1n) is 8.96. The summed E-state index contributed by atoms with van der Waals surface area (Å²) in [4.78, 5) is 16.7. The SMILES string of the molecule is CC1CCN(C(=O)CN2CCCc3c(NS(C)(=O)=O)cccc32)CC1. The lowest BCUT2D eigenvalue weighted by Gasteiger charge is -2.35. The molecule has 2 aliphatic heterocycles. The molecule has 2 aliphatic rings. The van der Waals surface area contributed by atoms with Gasteiger partial charge in [0.1, 0.15) is 0 Å². The van der Waals surface area contributed by atoms with Gasteiger partial charge in [0.05, 0.1) is 18.5 Å². The molecule has 138 valence electrons. The number of hydrogen-bond donors (Lipinski definition) is 1. The minimum atomic E-state index is -3.32. The third kappa shape index (κ3) is 4.45. The molecule has 0 unspecified atom stereocenters. The van der Waals surface area contributed by atoms with E-state index in [0.717, 1.165) is 62.8 Å². The third-order valence-corrected chi connectivity index (χ3v) is 5.70. The number of hydrogen-bond acceptors (Lipinski definition) is 4. The van der Waals surface area contributed by atoms with Crippen LogP contribution in [0.2, 0.25) is 0 Å². The van der Waals surface area contributed by atoms with Gasteiger partial charge in [-0.15, -0.1) is 0 Å². The first kappa shape index (κ1) is 18.0. The highest BCUT2D eigenvalue weighted by molar-refractivity contribution is 7.92. The van der Waals surface area contributed by atoms with E-state index in [-0.39, 0.29) is 5.91 Å². The van der Waals surface area contributed by atoms with Crippen LogP contribution in [-0.2, 0) is 21.2 Å². The monoisotopic (exact) mass is 365 g/mol. The Labute approximate surface area is 150 Å². The van der Waals surface area contributed by atoms with Gasteiger partial charge >= 0.3 is 0 Å². The number of amides is 1. The molecule has 2 heterocycles. The molecule has 1 amide bonds. The van der Waals surface area contributed by atoms with Crippen molar-refractivity contribution in [1.29, 1.82) is 0 Å². The van der Waals surface area contributed by atoms with Gasteiger partial charge in [0.25, 0.3) is 0 Å². The molecular formula is C18H27N3O3S. The zero-order valence-electron chi connectivity index (χ0n) is 15.0. The molecule has 7 heteroatoms. The van der Waals surface area contributed by atoms with E-state index in [0.29, 0.717) is 18.2 Å². The van der Waals surface area contributed by atoms with Crippen LogP contribution in [0.3, 0.4) is 0 Å². The van der Waals surface area contributed by atoms with Crippen LogP contribution < -0.4 is 9.62 Å². The highest BCUT2D eigenvalue weighted by atomic mass is 32.2. The van der Waals surface area contributed by atoms with Crippen molar-refractivity contribution >= 4 is 27.3 Å². The van der Waals surface area contributed by atoms with Crippen LogP contribution in [0, 0.1) is 5.92 Å². The molecule has 25 heavy (non-hydrogen) atoms. The smallest absolute Gasteiger partial charge is 0.242 e. The summed E-state index contributed by atoms with van der Waals surface area (Å²) in [7, 11) is -3.32. The summed E-state index contributed by atoms with van der Waals surface area (Å²) in [5, 5.41) is 0. The maximum Gasteiger partial charge on any atom is 0.242 e. The molecule has 0 aromatic heterocycles. The fraction of sp³-hybridized carbons (Fsp3) is 0.611. The second kappa shape index (κ2) is 7.23. The highest BCUT2D eigenvalue weighted by Gasteiger charge is 2.26. The van der Waals surface area contributed by atoms with Crippen molar-refractivity contribution in [2.45, 2.75) is 32.6 Å². The van der Waals surface area contributed by atoms with Crippen LogP contribution in [0.1, 0.15) is 31.7 Å². The summed E-state index contributed by atoms with van der Waals surface area (Å²) in [5.74, 6) is 0.866. The molecule has 1 aromatic carbocycles. The van der Waals surface area contributed by atoms with E-state index in [9.17, 15) is 13.2 Å². The first-order valence-corrected chi connectivity index (χ1v) is 10.8. The summed E-state index contributed by atoms with van der Waals surface area (Å²) in [5.41, 5.74) is 2.59. The number of benzene rings is 1. The lowest BCUT2D eigenvalue weighted by molar-refractivity contribution is -0.131. The molecule has 1 N–H and O–H groups in total. The molecule has 0 bridgehead atoms. The summed E-state index contributed by atoms with van der Waals surface area (Å²) in [6, 6.07) is 5.61. The summed E-state index contributed by atoms with van der Waals surface area (Å²) in [6.07, 6.45) is 5.04. The summed E-state index contributed by atoms with van der Waals surface area (Å²) in [6.45, 7) is 5.11. The van der Waals surface area contributed by atoms with Gasteiger partial charge < -0.3 is 9.80 Å². The number of carbonyl (C=O) groups excluding carboxylic acids is 1. The highest BCUT2D eigenvalue weighted by Crippen LogP contribution is 2.33. The fourth-order valence-corrected chi connectivity index (χ4v) is 4.27. The molecule has 0 atom stereocenters. The van der Waals surface area contributed by atoms with E-state index in [1.54, 1.807) is 6.07 Å². The van der Waals surface area contributed by atoms with Crippen molar-refractivity contribution in [3.8, 4) is 0 Å². The molecule has 0 radical (unpaired) electrons. The maximum atomic E-state index is 12.7. The van der Waals surface area contributed by atoms with E-state index < -0.39 is 10.0 Å². The Morgan fingerprint density at radius 3 is 2.64 bits per heavy atom. The van der Waals surface area contributed by atoms with Gasteiger partial charge in [-0.3, -0.25) is 9.52 Å². The molecule has 1 fully saturated rings. The first-order chi connectivity index (χ1) is 11.8. The number of nitrogens with zero attached hydrogens (tertiary/aromatic N) is 2. The van der Waals surface area contributed by atoms with Crippen molar-refractivity contribution in [3.63, 3.8) is 0 Å². The number of fused-ring (bicyclic) bond motifs is 1. The number of rotatable bonds is 4. The molecule has 6 nitrogen and oxygen atoms in total. The minimum absolute atomic E-state index is 0.168. The van der Waals surface area contributed by atoms with Gasteiger partial charge in [-0.25, -0.2) is 8.42 Å². The Kier molecular flexibility index (Phi) is 5.22. The van der Waals surface area contributed by atoms with E-state index >= 15 is 0 Å². The molecule has 0 aliphatic carbocycles. The Morgan fingerprint density at radius 1 is 1.24 bits per heavy atom. The predicted octanol–water partition coefficient (Wildman–Crippen LogP) is 2.07. The second-order valence-corrected chi connectivity index (χ2v) is 9.01. The van der Waals surface area contributed by atoms with Gasteiger partial charge in [-0.2, -0.15) is 0 Å². The van der Waals surface area contributed by atoms with E-state index in [4.69, 9.17) is 0 Å². The minimum Gasteiger partial charge on any atom is -0.362 e. The average Bonchev–Trinajstić information content (AvgIpc) is 2.55. The van der Waals surface area contributed by atoms with Crippen LogP contribution in [0.5, 0.6) is 0 Å². The Morgan fingerprint density at radius 2 is 1.96 bits per heavy atom. The number of sulfonamides is 1. The normalized spacial score (nSPS) is 18.8. The predicted molar refractivity (Wildman–Crippen MR) is 100 cm³/mol. The number of likely N-dealkylation sites (tertiary alicyclic amines) is 1. The van der Waals surface area contributed by atoms with Crippen molar-refractivity contribution in [2.75, 3.05) is 42.1 Å². The number of nitrogens with one attached hydrogen (secondary N) is 1. The summed E-state index contributed by atoms with van der Waals surface area (Å²) >= 11 is 0. The Balaban J connectivity index is 1.75. The summed E-state index contributed by atoms with van der Waals surface area (Å²) < 4.78 is 25.8. The van der Waals surface area contributed by atoms with E-state index in [2.05, 4.69) is 16.5 Å². The van der Waals surface area contributed by atoms with Crippen LogP contribution in [0.15, 0.2) is 18.2 Å². The average molecular weight is 365 g/mol. The van der Waals surface area contributed by atoms with Crippen molar-refractivity contribution in [3.05, 3.63) is 23.8 Å². The lowest BCUT2D eigenvalue weighted by Crippen LogP contribution is -2.45. The van der Waals surface area contributed by atoms with Crippen LogP contribution >= 0.6 is 0 Å². The Bertz CT molecular complexity index is 740. The number of anilines is 2. The molecule has 3 rings (SSSR count). The number of carbonyl (C=O) groups is 1. The quantitative estimate of drug-likeness (QED) is 0.887. The zero-order valence-corrected chi connectivity index (χ0v) is 15.8. The van der Waals surface area contributed by atoms with Gasteiger partial charge in [0.2, 0.25) is 15.9 Å². The zero-order chi connectivity index (χ0) is 18.0. The van der Waals surface area contributed by atoms with Gasteiger partial charge in [-0.05, 0) is 49.3 Å². The Hall–Kier alpha value is -1.76. The molecule has 0 spiro atoms. The topological polar surface area (TPSA) is 69.7 Å². The van der Waals surface area contributed by atoms with E-state index in [1.165, 1.54) is 0 Å². The molecular weight excluding hydrogens is 338 g/mol. The van der Waals surface area contributed by atoms with Crippen molar-refractivity contribution in [1.82, 2.24) is 4.90 Å². The van der Waals surface area contributed by atoms with Crippen molar-refractivity contribution < 1.29 is 13.2 Å². The molecule has 1 saturated heterocycles. The fourth-order valence-electron chi connectivity index (χ4n) is 3.68.